The molecule has 0 spiro atoms. The Morgan fingerprint density at radius 2 is 2.00 bits per heavy atom. The summed E-state index contributed by atoms with van der Waals surface area (Å²) in [6.07, 6.45) is 1.89. The Bertz CT molecular complexity index is 861. The number of nitrogens with zero attached hydrogens (tertiary/aromatic N) is 2. The molecule has 1 aliphatic carbocycles. The van der Waals surface area contributed by atoms with Crippen LogP contribution in [0.15, 0.2) is 24.3 Å². The number of thiazole rings is 1. The summed E-state index contributed by atoms with van der Waals surface area (Å²) in [5.74, 6) is 0.493. The maximum absolute atomic E-state index is 12.5. The van der Waals surface area contributed by atoms with Crippen LogP contribution in [0.5, 0.6) is 0 Å². The molecule has 0 saturated heterocycles. The van der Waals surface area contributed by atoms with E-state index in [9.17, 15) is 9.59 Å². The third-order valence-corrected chi connectivity index (χ3v) is 6.34. The Kier molecular flexibility index (Phi) is 4.97. The van der Waals surface area contributed by atoms with E-state index in [2.05, 4.69) is 34.4 Å². The fourth-order valence-corrected chi connectivity index (χ4v) is 4.41. The van der Waals surface area contributed by atoms with Gasteiger partial charge in [-0.2, -0.15) is 0 Å². The number of likely N-dealkylation sites (N-methyl/N-ethyl adjacent to an activating group) is 1. The monoisotopic (exact) mass is 384 g/mol. The van der Waals surface area contributed by atoms with Gasteiger partial charge in [-0.15, -0.1) is 11.3 Å². The highest BCUT2D eigenvalue weighted by molar-refractivity contribution is 7.15. The van der Waals surface area contributed by atoms with E-state index in [1.807, 2.05) is 0 Å². The lowest BCUT2D eigenvalue weighted by molar-refractivity contribution is -0.117. The first-order valence-corrected chi connectivity index (χ1v) is 10.3. The predicted octanol–water partition coefficient (Wildman–Crippen LogP) is 3.37. The van der Waals surface area contributed by atoms with Gasteiger partial charge >= 0.3 is 0 Å². The topological polar surface area (TPSA) is 74.3 Å². The van der Waals surface area contributed by atoms with Gasteiger partial charge in [-0.3, -0.25) is 19.8 Å². The van der Waals surface area contributed by atoms with Crippen LogP contribution in [0.2, 0.25) is 0 Å². The van der Waals surface area contributed by atoms with Crippen LogP contribution in [-0.2, 0) is 17.8 Å². The highest BCUT2D eigenvalue weighted by atomic mass is 32.1. The number of rotatable bonds is 5. The zero-order valence-electron chi connectivity index (χ0n) is 15.6. The normalized spacial score (nSPS) is 21.4. The Hall–Kier alpha value is -2.25. The van der Waals surface area contributed by atoms with E-state index in [0.29, 0.717) is 16.6 Å². The van der Waals surface area contributed by atoms with E-state index < -0.39 is 0 Å². The Morgan fingerprint density at radius 1 is 1.26 bits per heavy atom. The highest BCUT2D eigenvalue weighted by Crippen LogP contribution is 2.38. The number of carbonyl (C=O) groups excluding carboxylic acids is 2. The van der Waals surface area contributed by atoms with Gasteiger partial charge in [0.2, 0.25) is 5.91 Å². The molecule has 6 nitrogen and oxygen atoms in total. The minimum absolute atomic E-state index is 0.0641. The molecule has 4 rings (SSSR count). The van der Waals surface area contributed by atoms with Crippen LogP contribution >= 0.6 is 11.3 Å². The van der Waals surface area contributed by atoms with Crippen molar-refractivity contribution in [1.29, 1.82) is 0 Å². The van der Waals surface area contributed by atoms with Crippen LogP contribution in [0.1, 0.15) is 41.2 Å². The maximum atomic E-state index is 12.5. The van der Waals surface area contributed by atoms with Crippen LogP contribution in [0.3, 0.4) is 0 Å². The molecule has 2 atom stereocenters. The average molecular weight is 385 g/mol. The molecule has 2 unspecified atom stereocenters. The Morgan fingerprint density at radius 3 is 2.67 bits per heavy atom. The van der Waals surface area contributed by atoms with Gasteiger partial charge in [0.1, 0.15) is 0 Å². The third-order valence-electron chi connectivity index (χ3n) is 5.34. The summed E-state index contributed by atoms with van der Waals surface area (Å²) in [5, 5.41) is 6.47. The first kappa shape index (κ1) is 18.1. The van der Waals surface area contributed by atoms with Gasteiger partial charge in [-0.05, 0) is 43.1 Å². The quantitative estimate of drug-likeness (QED) is 0.829. The fraction of sp³-hybridized carbons (Fsp3) is 0.450. The van der Waals surface area contributed by atoms with E-state index in [0.717, 1.165) is 43.9 Å². The number of hydrogen-bond acceptors (Lipinski definition) is 5. The number of fused-ring (bicyclic) bond motifs is 1. The molecular formula is C20H24N4O2S. The summed E-state index contributed by atoms with van der Waals surface area (Å²) in [4.78, 5) is 32.7. The van der Waals surface area contributed by atoms with Crippen molar-refractivity contribution in [1.82, 2.24) is 9.88 Å². The number of nitrogens with one attached hydrogen (secondary N) is 2. The number of amides is 2. The Balaban J connectivity index is 1.37. The van der Waals surface area contributed by atoms with E-state index >= 15 is 0 Å². The smallest absolute Gasteiger partial charge is 0.257 e. The van der Waals surface area contributed by atoms with E-state index in [1.54, 1.807) is 35.6 Å². The minimum atomic E-state index is -0.179. The van der Waals surface area contributed by atoms with Gasteiger partial charge in [0.15, 0.2) is 5.13 Å². The number of aromatic nitrogens is 1. The van der Waals surface area contributed by atoms with Crippen molar-refractivity contribution in [2.24, 2.45) is 11.8 Å². The molecule has 1 saturated carbocycles. The van der Waals surface area contributed by atoms with Crippen molar-refractivity contribution in [2.45, 2.75) is 33.2 Å². The summed E-state index contributed by atoms with van der Waals surface area (Å²) in [7, 11) is 0. The first-order valence-electron chi connectivity index (χ1n) is 9.46. The molecular weight excluding hydrogens is 360 g/mol. The second kappa shape index (κ2) is 7.40. The molecule has 0 bridgehead atoms. The summed E-state index contributed by atoms with van der Waals surface area (Å²) < 4.78 is 0. The number of benzene rings is 1. The van der Waals surface area contributed by atoms with Crippen molar-refractivity contribution < 1.29 is 9.59 Å². The molecule has 2 aromatic rings. The lowest BCUT2D eigenvalue weighted by atomic mass is 10.2. The largest absolute Gasteiger partial charge is 0.326 e. The van der Waals surface area contributed by atoms with Crippen LogP contribution < -0.4 is 10.6 Å². The first-order chi connectivity index (χ1) is 13.0. The molecule has 27 heavy (non-hydrogen) atoms. The molecule has 0 radical (unpaired) electrons. The zero-order chi connectivity index (χ0) is 19.0. The van der Waals surface area contributed by atoms with Crippen molar-refractivity contribution in [3.05, 3.63) is 40.4 Å². The summed E-state index contributed by atoms with van der Waals surface area (Å²) in [6.45, 7) is 7.20. The molecule has 1 fully saturated rings. The van der Waals surface area contributed by atoms with Crippen LogP contribution in [0, 0.1) is 11.8 Å². The molecule has 2 heterocycles. The van der Waals surface area contributed by atoms with Crippen molar-refractivity contribution in [3.63, 3.8) is 0 Å². The highest BCUT2D eigenvalue weighted by Gasteiger charge is 2.39. The van der Waals surface area contributed by atoms with Gasteiger partial charge in [0.25, 0.3) is 5.91 Å². The van der Waals surface area contributed by atoms with Crippen molar-refractivity contribution in [3.8, 4) is 0 Å². The van der Waals surface area contributed by atoms with Gasteiger partial charge in [-0.1, -0.05) is 13.8 Å². The van der Waals surface area contributed by atoms with Gasteiger partial charge in [0.05, 0.1) is 5.69 Å². The van der Waals surface area contributed by atoms with Crippen LogP contribution in [0.4, 0.5) is 10.8 Å². The standard InChI is InChI=1S/C20H24N4O2S/c1-3-24-9-8-16-17(11-24)27-20(22-16)23-18(25)13-4-6-14(7-5-13)21-19(26)15-10-12(15)2/h4-7,12,15H,3,8-11H2,1-2H3,(H,21,26)(H,22,23,25). The number of anilines is 2. The molecule has 1 aromatic heterocycles. The van der Waals surface area contributed by atoms with E-state index in [4.69, 9.17) is 0 Å². The lowest BCUT2D eigenvalue weighted by Crippen LogP contribution is -2.29. The number of carbonyl (C=O) groups is 2. The lowest BCUT2D eigenvalue weighted by Gasteiger charge is -2.23. The molecule has 2 aliphatic rings. The predicted molar refractivity (Wildman–Crippen MR) is 107 cm³/mol. The molecule has 1 aliphatic heterocycles. The summed E-state index contributed by atoms with van der Waals surface area (Å²) in [6, 6.07) is 7.00. The second-order valence-electron chi connectivity index (χ2n) is 7.35. The minimum Gasteiger partial charge on any atom is -0.326 e. The summed E-state index contributed by atoms with van der Waals surface area (Å²) >= 11 is 1.56. The molecule has 142 valence electrons. The molecule has 2 amide bonds. The van der Waals surface area contributed by atoms with Gasteiger partial charge < -0.3 is 5.32 Å². The van der Waals surface area contributed by atoms with Crippen molar-refractivity contribution in [2.75, 3.05) is 23.7 Å². The molecule has 2 N–H and O–H groups in total. The third kappa shape index (κ3) is 4.04. The fourth-order valence-electron chi connectivity index (χ4n) is 3.37. The Labute approximate surface area is 163 Å². The van der Waals surface area contributed by atoms with Gasteiger partial charge in [-0.25, -0.2) is 4.98 Å². The van der Waals surface area contributed by atoms with Crippen molar-refractivity contribution >= 4 is 34.0 Å². The van der Waals surface area contributed by atoms with E-state index in [1.165, 1.54) is 4.88 Å². The second-order valence-corrected chi connectivity index (χ2v) is 8.43. The number of hydrogen-bond donors (Lipinski definition) is 2. The van der Waals surface area contributed by atoms with Crippen LogP contribution in [-0.4, -0.2) is 34.8 Å². The molecule has 7 heteroatoms. The van der Waals surface area contributed by atoms with Gasteiger partial charge in [0, 0.05) is 41.6 Å². The SMILES string of the molecule is CCN1CCc2nc(NC(=O)c3ccc(NC(=O)C4CC4C)cc3)sc2C1. The molecule has 1 aromatic carbocycles. The summed E-state index contributed by atoms with van der Waals surface area (Å²) in [5.41, 5.74) is 2.38. The zero-order valence-corrected chi connectivity index (χ0v) is 16.4. The van der Waals surface area contributed by atoms with Crippen LogP contribution in [0.25, 0.3) is 0 Å². The maximum Gasteiger partial charge on any atom is 0.257 e. The van der Waals surface area contributed by atoms with E-state index in [-0.39, 0.29) is 17.7 Å². The average Bonchev–Trinajstić information content (AvgIpc) is 3.27.